The van der Waals surface area contributed by atoms with Gasteiger partial charge in [0, 0.05) is 35.9 Å². The fourth-order valence-corrected chi connectivity index (χ4v) is 4.76. The quantitative estimate of drug-likeness (QED) is 0.249. The lowest BCUT2D eigenvalue weighted by Crippen LogP contribution is -2.35. The summed E-state index contributed by atoms with van der Waals surface area (Å²) < 4.78 is 33.4. The molecule has 0 aliphatic rings. The molecule has 42 heavy (non-hydrogen) atoms. The van der Waals surface area contributed by atoms with Gasteiger partial charge in [-0.05, 0) is 62.2 Å². The van der Waals surface area contributed by atoms with E-state index >= 15 is 0 Å². The number of nitrogens with one attached hydrogen (secondary N) is 2. The number of sulfonamides is 1. The lowest BCUT2D eigenvalue weighted by Gasteiger charge is -2.19. The highest BCUT2D eigenvalue weighted by Gasteiger charge is 2.20. The lowest BCUT2D eigenvalue weighted by atomic mass is 10.1. The molecule has 1 aromatic carbocycles. The van der Waals surface area contributed by atoms with E-state index in [2.05, 4.69) is 15.3 Å². The largest absolute Gasteiger partial charge is 0.443 e. The minimum absolute atomic E-state index is 0.374. The highest BCUT2D eigenvalue weighted by atomic mass is 32.2. The molecular formula is C30H29N7O4S. The average Bonchev–Trinajstić information content (AvgIpc) is 3.39. The summed E-state index contributed by atoms with van der Waals surface area (Å²) in [6, 6.07) is 19.4. The number of aromatic nitrogens is 5. The molecule has 11 nitrogen and oxygen atoms in total. The van der Waals surface area contributed by atoms with Gasteiger partial charge in [0.25, 0.3) is 10.0 Å². The first-order valence-electron chi connectivity index (χ1n) is 13.0. The van der Waals surface area contributed by atoms with Crippen molar-refractivity contribution in [2.45, 2.75) is 32.9 Å². The first-order chi connectivity index (χ1) is 20.1. The van der Waals surface area contributed by atoms with E-state index in [1.165, 1.54) is 12.3 Å². The molecule has 0 saturated carbocycles. The van der Waals surface area contributed by atoms with E-state index in [9.17, 15) is 13.2 Å². The van der Waals surface area contributed by atoms with E-state index in [0.717, 1.165) is 27.7 Å². The first-order valence-corrected chi connectivity index (χ1v) is 14.6. The number of nitrogens with zero attached hydrogens (tertiary/aromatic N) is 5. The minimum atomic E-state index is -4.11. The van der Waals surface area contributed by atoms with E-state index in [1.807, 2.05) is 65.5 Å². The van der Waals surface area contributed by atoms with Crippen LogP contribution in [0.15, 0.2) is 90.9 Å². The van der Waals surface area contributed by atoms with Crippen molar-refractivity contribution in [1.82, 2.24) is 29.3 Å². The summed E-state index contributed by atoms with van der Waals surface area (Å²) in [5.41, 5.74) is 3.81. The van der Waals surface area contributed by atoms with Crippen LogP contribution < -0.4 is 10.0 Å². The van der Waals surface area contributed by atoms with E-state index in [-0.39, 0.29) is 0 Å². The molecule has 5 aromatic rings. The summed E-state index contributed by atoms with van der Waals surface area (Å²) >= 11 is 0. The standard InChI is InChI=1S/C30H29N7O4S/c1-30(2,3)41-29(38)36-42(39,40)16-13-21-17-23(19-31-18-21)27-34-28(33-20-24-11-7-8-14-32-24)26-25(12-15-37(26)35-27)22-9-5-4-6-10-22/h4-19H,20H2,1-3H3,(H,36,38)(H,33,34,35). The molecule has 5 rings (SSSR count). The van der Waals surface area contributed by atoms with Crippen LogP contribution in [-0.2, 0) is 21.3 Å². The van der Waals surface area contributed by atoms with Crippen LogP contribution in [0.2, 0.25) is 0 Å². The molecule has 1 amide bonds. The molecule has 12 heteroatoms. The summed E-state index contributed by atoms with van der Waals surface area (Å²) in [6.45, 7) is 5.36. The van der Waals surface area contributed by atoms with E-state index in [0.29, 0.717) is 29.3 Å². The van der Waals surface area contributed by atoms with Gasteiger partial charge in [0.2, 0.25) is 0 Å². The Balaban J connectivity index is 1.47. The Kier molecular flexibility index (Phi) is 7.98. The van der Waals surface area contributed by atoms with E-state index in [1.54, 1.807) is 43.7 Å². The number of rotatable bonds is 8. The zero-order valence-electron chi connectivity index (χ0n) is 23.2. The third-order valence-corrected chi connectivity index (χ3v) is 6.79. The topological polar surface area (TPSA) is 140 Å². The number of carbonyl (C=O) groups is 1. The summed E-state index contributed by atoms with van der Waals surface area (Å²) in [7, 11) is -4.11. The Bertz CT molecular complexity index is 1850. The molecule has 0 unspecified atom stereocenters. The van der Waals surface area contributed by atoms with Gasteiger partial charge in [-0.25, -0.2) is 27.4 Å². The highest BCUT2D eigenvalue weighted by molar-refractivity contribution is 7.93. The van der Waals surface area contributed by atoms with Crippen LogP contribution >= 0.6 is 0 Å². The van der Waals surface area contributed by atoms with Crippen molar-refractivity contribution < 1.29 is 17.9 Å². The maximum Gasteiger partial charge on any atom is 0.421 e. The van der Waals surface area contributed by atoms with Crippen molar-refractivity contribution in [2.75, 3.05) is 5.32 Å². The highest BCUT2D eigenvalue weighted by Crippen LogP contribution is 2.31. The fourth-order valence-electron chi connectivity index (χ4n) is 4.09. The van der Waals surface area contributed by atoms with Crippen molar-refractivity contribution >= 4 is 33.5 Å². The molecule has 0 saturated heterocycles. The first kappa shape index (κ1) is 28.4. The van der Waals surface area contributed by atoms with Gasteiger partial charge >= 0.3 is 6.09 Å². The molecule has 0 radical (unpaired) electrons. The number of amides is 1. The van der Waals surface area contributed by atoms with Gasteiger partial charge in [-0.2, -0.15) is 0 Å². The van der Waals surface area contributed by atoms with Gasteiger partial charge in [0.05, 0.1) is 17.6 Å². The van der Waals surface area contributed by atoms with Crippen LogP contribution in [0, 0.1) is 0 Å². The molecule has 0 aliphatic carbocycles. The van der Waals surface area contributed by atoms with Crippen molar-refractivity contribution in [3.05, 3.63) is 102 Å². The molecule has 0 atom stereocenters. The predicted molar refractivity (Wildman–Crippen MR) is 161 cm³/mol. The number of anilines is 1. The number of pyridine rings is 2. The van der Waals surface area contributed by atoms with Gasteiger partial charge in [0.15, 0.2) is 11.6 Å². The minimum Gasteiger partial charge on any atom is -0.443 e. The Morgan fingerprint density at radius 2 is 1.81 bits per heavy atom. The Hall–Kier alpha value is -5.10. The summed E-state index contributed by atoms with van der Waals surface area (Å²) in [5.74, 6) is 0.971. The van der Waals surface area contributed by atoms with Gasteiger partial charge in [-0.15, -0.1) is 5.10 Å². The molecule has 0 spiro atoms. The second-order valence-corrected chi connectivity index (χ2v) is 11.9. The van der Waals surface area contributed by atoms with Crippen molar-refractivity contribution in [3.63, 3.8) is 0 Å². The second kappa shape index (κ2) is 11.8. The van der Waals surface area contributed by atoms with E-state index in [4.69, 9.17) is 14.8 Å². The van der Waals surface area contributed by atoms with Gasteiger partial charge < -0.3 is 10.1 Å². The lowest BCUT2D eigenvalue weighted by molar-refractivity contribution is 0.0571. The normalized spacial score (nSPS) is 12.0. The monoisotopic (exact) mass is 583 g/mol. The number of carbonyl (C=O) groups excluding carboxylic acids is 1. The fraction of sp³-hybridized carbons (Fsp3) is 0.167. The number of hydrogen-bond donors (Lipinski definition) is 2. The summed E-state index contributed by atoms with van der Waals surface area (Å²) in [5, 5.41) is 9.00. The molecule has 0 fully saturated rings. The number of benzene rings is 1. The third kappa shape index (κ3) is 7.15. The van der Waals surface area contributed by atoms with Gasteiger partial charge in [-0.3, -0.25) is 9.97 Å². The number of fused-ring (bicyclic) bond motifs is 1. The Morgan fingerprint density at radius 3 is 2.55 bits per heavy atom. The van der Waals surface area contributed by atoms with Crippen LogP contribution in [0.1, 0.15) is 32.0 Å². The van der Waals surface area contributed by atoms with Gasteiger partial charge in [0.1, 0.15) is 11.1 Å². The van der Waals surface area contributed by atoms with Crippen LogP contribution in [0.25, 0.3) is 34.1 Å². The molecular weight excluding hydrogens is 554 g/mol. The molecule has 4 heterocycles. The zero-order chi connectivity index (χ0) is 29.7. The van der Waals surface area contributed by atoms with Crippen LogP contribution in [0.3, 0.4) is 0 Å². The summed E-state index contributed by atoms with van der Waals surface area (Å²) in [6.07, 6.45) is 6.94. The smallest absolute Gasteiger partial charge is 0.421 e. The number of hydrogen-bond acceptors (Lipinski definition) is 9. The molecule has 2 N–H and O–H groups in total. The third-order valence-electron chi connectivity index (χ3n) is 5.84. The molecule has 0 aliphatic heterocycles. The molecule has 214 valence electrons. The second-order valence-electron chi connectivity index (χ2n) is 10.3. The predicted octanol–water partition coefficient (Wildman–Crippen LogP) is 5.29. The van der Waals surface area contributed by atoms with Crippen LogP contribution in [-0.4, -0.2) is 44.7 Å². The SMILES string of the molecule is CC(C)(C)OC(=O)NS(=O)(=O)C=Cc1cncc(-c2nc(NCc3ccccn3)c3c(-c4ccccc4)ccn3n2)c1. The maximum atomic E-state index is 12.4. The van der Waals surface area contributed by atoms with Crippen molar-refractivity contribution in [3.8, 4) is 22.5 Å². The average molecular weight is 584 g/mol. The van der Waals surface area contributed by atoms with Crippen molar-refractivity contribution in [2.24, 2.45) is 0 Å². The van der Waals surface area contributed by atoms with E-state index < -0.39 is 21.7 Å². The zero-order valence-corrected chi connectivity index (χ0v) is 24.0. The van der Waals surface area contributed by atoms with Gasteiger partial charge in [-0.1, -0.05) is 36.4 Å². The van der Waals surface area contributed by atoms with Crippen molar-refractivity contribution in [1.29, 1.82) is 0 Å². The number of ether oxygens (including phenoxy) is 1. The molecule has 0 bridgehead atoms. The Morgan fingerprint density at radius 1 is 1.02 bits per heavy atom. The maximum absolute atomic E-state index is 12.4. The summed E-state index contributed by atoms with van der Waals surface area (Å²) in [4.78, 5) is 25.4. The Labute approximate surface area is 243 Å². The molecule has 4 aromatic heterocycles. The van der Waals surface area contributed by atoms with Crippen LogP contribution in [0.4, 0.5) is 10.6 Å². The van der Waals surface area contributed by atoms with Crippen LogP contribution in [0.5, 0.6) is 0 Å².